The molecule has 104 valence electrons. The summed E-state index contributed by atoms with van der Waals surface area (Å²) < 4.78 is 4.54. The predicted molar refractivity (Wildman–Crippen MR) is 73.9 cm³/mol. The molecule has 0 aromatic heterocycles. The van der Waals surface area contributed by atoms with Crippen molar-refractivity contribution >= 4 is 23.5 Å². The number of likely N-dealkylation sites (N-methyl/N-ethyl adjacent to an activating group) is 1. The van der Waals surface area contributed by atoms with Gasteiger partial charge in [0.1, 0.15) is 5.38 Å². The maximum absolute atomic E-state index is 12.1. The van der Waals surface area contributed by atoms with Gasteiger partial charge in [-0.2, -0.15) is 0 Å². The first-order valence-corrected chi connectivity index (χ1v) is 6.50. The van der Waals surface area contributed by atoms with Crippen LogP contribution in [0.2, 0.25) is 0 Å². The molecule has 1 unspecified atom stereocenters. The smallest absolute Gasteiger partial charge is 0.305 e. The Morgan fingerprint density at radius 2 is 1.95 bits per heavy atom. The first kappa shape index (κ1) is 15.5. The second-order valence-electron chi connectivity index (χ2n) is 4.21. The molecule has 0 N–H and O–H groups in total. The highest BCUT2D eigenvalue weighted by atomic mass is 35.5. The Balaban J connectivity index is 2.46. The van der Waals surface area contributed by atoms with E-state index in [2.05, 4.69) is 4.74 Å². The van der Waals surface area contributed by atoms with Gasteiger partial charge in [0, 0.05) is 20.0 Å². The van der Waals surface area contributed by atoms with E-state index in [4.69, 9.17) is 11.6 Å². The van der Waals surface area contributed by atoms with Crippen molar-refractivity contribution in [2.45, 2.75) is 18.2 Å². The van der Waals surface area contributed by atoms with Crippen LogP contribution >= 0.6 is 11.6 Å². The summed E-state index contributed by atoms with van der Waals surface area (Å²) in [5, 5.41) is -0.690. The van der Waals surface area contributed by atoms with E-state index >= 15 is 0 Å². The summed E-state index contributed by atoms with van der Waals surface area (Å²) in [6.07, 6.45) is 0.861. The molecule has 1 amide bonds. The number of alkyl halides is 1. The number of nitrogens with zero attached hydrogens (tertiary/aromatic N) is 1. The maximum Gasteiger partial charge on any atom is 0.305 e. The summed E-state index contributed by atoms with van der Waals surface area (Å²) in [5.41, 5.74) is 0.772. The van der Waals surface area contributed by atoms with E-state index in [9.17, 15) is 9.59 Å². The number of hydrogen-bond acceptors (Lipinski definition) is 3. The van der Waals surface area contributed by atoms with Crippen molar-refractivity contribution in [1.82, 2.24) is 4.90 Å². The van der Waals surface area contributed by atoms with Gasteiger partial charge in [0.15, 0.2) is 0 Å². The molecule has 5 heteroatoms. The summed E-state index contributed by atoms with van der Waals surface area (Å²) in [5.74, 6) is -0.441. The Morgan fingerprint density at radius 3 is 2.53 bits per heavy atom. The standard InChI is InChI=1S/C14H18ClNO3/c1-16(10-6-9-12(17)19-2)14(18)13(15)11-7-4-3-5-8-11/h3-5,7-8,13H,6,9-10H2,1-2H3. The van der Waals surface area contributed by atoms with Crippen LogP contribution in [-0.2, 0) is 14.3 Å². The maximum atomic E-state index is 12.1. The number of hydrogen-bond donors (Lipinski definition) is 0. The summed E-state index contributed by atoms with van der Waals surface area (Å²) in [4.78, 5) is 24.6. The van der Waals surface area contributed by atoms with Gasteiger partial charge in [-0.15, -0.1) is 11.6 Å². The molecule has 0 bridgehead atoms. The fourth-order valence-electron chi connectivity index (χ4n) is 1.63. The molecule has 4 nitrogen and oxygen atoms in total. The SMILES string of the molecule is COC(=O)CCCN(C)C(=O)C(Cl)c1ccccc1. The van der Waals surface area contributed by atoms with E-state index < -0.39 is 5.38 Å². The number of benzene rings is 1. The van der Waals surface area contributed by atoms with Crippen LogP contribution in [-0.4, -0.2) is 37.5 Å². The lowest BCUT2D eigenvalue weighted by Gasteiger charge is -2.20. The molecule has 1 rings (SSSR count). The molecular weight excluding hydrogens is 266 g/mol. The molecule has 19 heavy (non-hydrogen) atoms. The van der Waals surface area contributed by atoms with Crippen LogP contribution in [0.25, 0.3) is 0 Å². The molecule has 0 aliphatic rings. The number of amides is 1. The molecule has 0 aliphatic carbocycles. The van der Waals surface area contributed by atoms with E-state index in [-0.39, 0.29) is 11.9 Å². The second-order valence-corrected chi connectivity index (χ2v) is 4.65. The van der Waals surface area contributed by atoms with Gasteiger partial charge >= 0.3 is 5.97 Å². The highest BCUT2D eigenvalue weighted by molar-refractivity contribution is 6.30. The number of carbonyl (C=O) groups excluding carboxylic acids is 2. The zero-order valence-corrected chi connectivity index (χ0v) is 11.9. The van der Waals surface area contributed by atoms with Crippen molar-refractivity contribution < 1.29 is 14.3 Å². The number of esters is 1. The zero-order chi connectivity index (χ0) is 14.3. The molecule has 0 saturated carbocycles. The number of methoxy groups -OCH3 is 1. The molecule has 0 fully saturated rings. The summed E-state index contributed by atoms with van der Waals surface area (Å²) in [6.45, 7) is 0.476. The predicted octanol–water partition coefficient (Wildman–Crippen LogP) is 2.38. The summed E-state index contributed by atoms with van der Waals surface area (Å²) in [7, 11) is 3.03. The minimum atomic E-state index is -0.690. The third-order valence-corrected chi connectivity index (χ3v) is 3.23. The average molecular weight is 284 g/mol. The van der Waals surface area contributed by atoms with Crippen molar-refractivity contribution in [3.8, 4) is 0 Å². The van der Waals surface area contributed by atoms with Gasteiger partial charge in [-0.1, -0.05) is 30.3 Å². The van der Waals surface area contributed by atoms with Crippen LogP contribution in [0.1, 0.15) is 23.8 Å². The van der Waals surface area contributed by atoms with Crippen molar-refractivity contribution in [1.29, 1.82) is 0 Å². The lowest BCUT2D eigenvalue weighted by Crippen LogP contribution is -2.31. The van der Waals surface area contributed by atoms with E-state index in [0.717, 1.165) is 5.56 Å². The van der Waals surface area contributed by atoms with E-state index in [1.54, 1.807) is 7.05 Å². The Morgan fingerprint density at radius 1 is 1.32 bits per heavy atom. The Hall–Kier alpha value is -1.55. The third kappa shape index (κ3) is 4.91. The number of halogens is 1. The van der Waals surface area contributed by atoms with Gasteiger partial charge in [-0.05, 0) is 12.0 Å². The van der Waals surface area contributed by atoms with Crippen LogP contribution in [0.5, 0.6) is 0 Å². The van der Waals surface area contributed by atoms with Crippen molar-refractivity contribution in [2.75, 3.05) is 20.7 Å². The van der Waals surface area contributed by atoms with E-state index in [1.807, 2.05) is 30.3 Å². The number of ether oxygens (including phenoxy) is 1. The number of carbonyl (C=O) groups is 2. The molecular formula is C14H18ClNO3. The quantitative estimate of drug-likeness (QED) is 0.595. The molecule has 0 aliphatic heterocycles. The first-order valence-electron chi connectivity index (χ1n) is 6.07. The highest BCUT2D eigenvalue weighted by Crippen LogP contribution is 2.22. The molecule has 0 spiro atoms. The van der Waals surface area contributed by atoms with Gasteiger partial charge in [0.05, 0.1) is 7.11 Å². The fraction of sp³-hybridized carbons (Fsp3) is 0.429. The Bertz CT molecular complexity index is 422. The lowest BCUT2D eigenvalue weighted by atomic mass is 10.1. The monoisotopic (exact) mass is 283 g/mol. The first-order chi connectivity index (χ1) is 9.06. The minimum Gasteiger partial charge on any atom is -0.469 e. The van der Waals surface area contributed by atoms with Crippen molar-refractivity contribution in [3.63, 3.8) is 0 Å². The zero-order valence-electron chi connectivity index (χ0n) is 11.1. The average Bonchev–Trinajstić information content (AvgIpc) is 2.46. The number of rotatable bonds is 6. The summed E-state index contributed by atoms with van der Waals surface area (Å²) >= 11 is 6.14. The van der Waals surface area contributed by atoms with Crippen LogP contribution in [0.15, 0.2) is 30.3 Å². The normalized spacial score (nSPS) is 11.7. The topological polar surface area (TPSA) is 46.6 Å². The molecule has 1 aromatic carbocycles. The van der Waals surface area contributed by atoms with Crippen LogP contribution < -0.4 is 0 Å². The van der Waals surface area contributed by atoms with Gasteiger partial charge in [0.25, 0.3) is 0 Å². The largest absolute Gasteiger partial charge is 0.469 e. The van der Waals surface area contributed by atoms with Gasteiger partial charge in [-0.25, -0.2) is 0 Å². The second kappa shape index (κ2) is 7.79. The van der Waals surface area contributed by atoms with Gasteiger partial charge in [-0.3, -0.25) is 9.59 Å². The molecule has 0 heterocycles. The van der Waals surface area contributed by atoms with Crippen molar-refractivity contribution in [2.24, 2.45) is 0 Å². The van der Waals surface area contributed by atoms with E-state index in [0.29, 0.717) is 19.4 Å². The van der Waals surface area contributed by atoms with Crippen LogP contribution in [0.4, 0.5) is 0 Å². The minimum absolute atomic E-state index is 0.169. The van der Waals surface area contributed by atoms with Crippen molar-refractivity contribution in [3.05, 3.63) is 35.9 Å². The molecule has 0 saturated heterocycles. The van der Waals surface area contributed by atoms with Crippen LogP contribution in [0.3, 0.4) is 0 Å². The highest BCUT2D eigenvalue weighted by Gasteiger charge is 2.21. The molecule has 0 radical (unpaired) electrons. The fourth-order valence-corrected chi connectivity index (χ4v) is 1.94. The lowest BCUT2D eigenvalue weighted by molar-refractivity contribution is -0.141. The van der Waals surface area contributed by atoms with Gasteiger partial charge < -0.3 is 9.64 Å². The molecule has 1 aromatic rings. The molecule has 1 atom stereocenters. The van der Waals surface area contributed by atoms with Gasteiger partial charge in [0.2, 0.25) is 5.91 Å². The van der Waals surface area contributed by atoms with E-state index in [1.165, 1.54) is 12.0 Å². The third-order valence-electron chi connectivity index (χ3n) is 2.79. The Kier molecular flexibility index (Phi) is 6.36. The van der Waals surface area contributed by atoms with Crippen LogP contribution in [0, 0.1) is 0 Å². The summed E-state index contributed by atoms with van der Waals surface area (Å²) in [6, 6.07) is 9.19. The Labute approximate surface area is 118 Å².